The van der Waals surface area contributed by atoms with E-state index in [0.29, 0.717) is 17.7 Å². The Balaban J connectivity index is 2.82. The normalized spacial score (nSPS) is 10.9. The monoisotopic (exact) mass is 295 g/mol. The number of carbonyl (C=O) groups excluding carboxylic acids is 1. The minimum Gasteiger partial charge on any atom is -0.299 e. The molecule has 0 bridgehead atoms. The van der Waals surface area contributed by atoms with E-state index in [1.54, 1.807) is 6.07 Å². The van der Waals surface area contributed by atoms with Crippen LogP contribution in [0.5, 0.6) is 0 Å². The van der Waals surface area contributed by atoms with Crippen molar-refractivity contribution < 1.29 is 9.18 Å². The zero-order valence-electron chi connectivity index (χ0n) is 13.0. The van der Waals surface area contributed by atoms with E-state index in [2.05, 4.69) is 24.2 Å². The van der Waals surface area contributed by atoms with Crippen molar-refractivity contribution in [2.45, 2.75) is 46.1 Å². The predicted octanol–water partition coefficient (Wildman–Crippen LogP) is 2.83. The summed E-state index contributed by atoms with van der Waals surface area (Å²) in [5.74, 6) is 4.45. The molecule has 3 N–H and O–H groups in total. The van der Waals surface area contributed by atoms with Crippen molar-refractivity contribution in [1.82, 2.24) is 10.3 Å². The Kier molecular flexibility index (Phi) is 7.93. The second-order valence-corrected chi connectivity index (χ2v) is 5.26. The number of hydrogen-bond acceptors (Lipinski definition) is 3. The number of nitrogens with zero attached hydrogens (tertiary/aromatic N) is 1. The standard InChI is InChI=1S/C16H26FN3O/c1-3-5-9-20(10-6-4-2)12-14-11-13(16(21)19-18)7-8-15(14)17/h7-8,11H,3-6,9-10,12,18H2,1-2H3,(H,19,21). The molecule has 1 aromatic carbocycles. The molecule has 0 atom stereocenters. The smallest absolute Gasteiger partial charge is 0.265 e. The van der Waals surface area contributed by atoms with Gasteiger partial charge in [-0.1, -0.05) is 26.7 Å². The molecule has 0 spiro atoms. The predicted molar refractivity (Wildman–Crippen MR) is 83.1 cm³/mol. The Labute approximate surface area is 126 Å². The lowest BCUT2D eigenvalue weighted by molar-refractivity contribution is 0.0953. The fraction of sp³-hybridized carbons (Fsp3) is 0.562. The zero-order valence-corrected chi connectivity index (χ0v) is 13.0. The largest absolute Gasteiger partial charge is 0.299 e. The first-order chi connectivity index (χ1) is 10.1. The van der Waals surface area contributed by atoms with Gasteiger partial charge in [-0.25, -0.2) is 10.2 Å². The number of unbranched alkanes of at least 4 members (excludes halogenated alkanes) is 2. The number of nitrogen functional groups attached to an aromatic ring is 1. The van der Waals surface area contributed by atoms with Crippen molar-refractivity contribution in [2.75, 3.05) is 13.1 Å². The van der Waals surface area contributed by atoms with E-state index in [9.17, 15) is 9.18 Å². The van der Waals surface area contributed by atoms with Crippen LogP contribution in [0.3, 0.4) is 0 Å². The van der Waals surface area contributed by atoms with Crippen molar-refractivity contribution >= 4 is 5.91 Å². The maximum atomic E-state index is 14.0. The molecule has 0 radical (unpaired) electrons. The molecule has 0 aliphatic heterocycles. The molecule has 0 saturated heterocycles. The van der Waals surface area contributed by atoms with Gasteiger partial charge in [0.05, 0.1) is 0 Å². The van der Waals surface area contributed by atoms with Crippen LogP contribution in [0.1, 0.15) is 55.5 Å². The lowest BCUT2D eigenvalue weighted by atomic mass is 10.1. The van der Waals surface area contributed by atoms with E-state index in [1.807, 2.05) is 0 Å². The van der Waals surface area contributed by atoms with E-state index in [1.165, 1.54) is 12.1 Å². The van der Waals surface area contributed by atoms with Crippen LogP contribution in [-0.4, -0.2) is 23.9 Å². The zero-order chi connectivity index (χ0) is 15.7. The molecule has 4 nitrogen and oxygen atoms in total. The summed E-state index contributed by atoms with van der Waals surface area (Å²) in [6.07, 6.45) is 4.41. The van der Waals surface area contributed by atoms with Crippen molar-refractivity contribution in [1.29, 1.82) is 0 Å². The molecule has 0 fully saturated rings. The molecule has 118 valence electrons. The summed E-state index contributed by atoms with van der Waals surface area (Å²) in [6.45, 7) is 6.71. The van der Waals surface area contributed by atoms with Crippen LogP contribution >= 0.6 is 0 Å². The second-order valence-electron chi connectivity index (χ2n) is 5.26. The SMILES string of the molecule is CCCCN(CCCC)Cc1cc(C(=O)NN)ccc1F. The Morgan fingerprint density at radius 1 is 1.24 bits per heavy atom. The highest BCUT2D eigenvalue weighted by molar-refractivity contribution is 5.93. The molecule has 0 heterocycles. The highest BCUT2D eigenvalue weighted by Crippen LogP contribution is 2.14. The van der Waals surface area contributed by atoms with Crippen LogP contribution in [0.2, 0.25) is 0 Å². The van der Waals surface area contributed by atoms with Gasteiger partial charge in [-0.2, -0.15) is 0 Å². The molecule has 1 aromatic rings. The maximum Gasteiger partial charge on any atom is 0.265 e. The first-order valence-corrected chi connectivity index (χ1v) is 7.64. The first-order valence-electron chi connectivity index (χ1n) is 7.64. The van der Waals surface area contributed by atoms with Crippen LogP contribution in [0.4, 0.5) is 4.39 Å². The van der Waals surface area contributed by atoms with E-state index in [4.69, 9.17) is 5.84 Å². The lowest BCUT2D eigenvalue weighted by Crippen LogP contribution is -2.30. The second kappa shape index (κ2) is 9.47. The molecular weight excluding hydrogens is 269 g/mol. The maximum absolute atomic E-state index is 14.0. The third kappa shape index (κ3) is 5.81. The molecule has 0 saturated carbocycles. The number of rotatable bonds is 9. The van der Waals surface area contributed by atoms with E-state index < -0.39 is 5.91 Å². The molecule has 0 aliphatic rings. The Hall–Kier alpha value is -1.46. The van der Waals surface area contributed by atoms with Crippen LogP contribution in [-0.2, 0) is 6.54 Å². The van der Waals surface area contributed by atoms with Crippen molar-refractivity contribution in [3.63, 3.8) is 0 Å². The molecule has 1 rings (SSSR count). The molecule has 0 aromatic heterocycles. The highest BCUT2D eigenvalue weighted by atomic mass is 19.1. The molecular formula is C16H26FN3O. The number of nitrogens with two attached hydrogens (primary N) is 1. The van der Waals surface area contributed by atoms with Gasteiger partial charge in [0.1, 0.15) is 5.82 Å². The summed E-state index contributed by atoms with van der Waals surface area (Å²) in [5.41, 5.74) is 3.01. The number of hydrazine groups is 1. The number of hydrogen-bond donors (Lipinski definition) is 2. The van der Waals surface area contributed by atoms with E-state index in [0.717, 1.165) is 38.8 Å². The van der Waals surface area contributed by atoms with Gasteiger partial charge < -0.3 is 0 Å². The minimum atomic E-state index is -0.398. The van der Waals surface area contributed by atoms with Gasteiger partial charge in [-0.05, 0) is 44.1 Å². The van der Waals surface area contributed by atoms with Crippen molar-refractivity contribution in [2.24, 2.45) is 5.84 Å². The van der Waals surface area contributed by atoms with Gasteiger partial charge in [0.2, 0.25) is 0 Å². The molecule has 21 heavy (non-hydrogen) atoms. The molecule has 0 unspecified atom stereocenters. The number of halogens is 1. The summed E-state index contributed by atoms with van der Waals surface area (Å²) >= 11 is 0. The van der Waals surface area contributed by atoms with Crippen LogP contribution < -0.4 is 11.3 Å². The van der Waals surface area contributed by atoms with E-state index >= 15 is 0 Å². The average Bonchev–Trinajstić information content (AvgIpc) is 2.51. The number of amides is 1. The van der Waals surface area contributed by atoms with E-state index in [-0.39, 0.29) is 5.82 Å². The van der Waals surface area contributed by atoms with Crippen LogP contribution in [0, 0.1) is 5.82 Å². The van der Waals surface area contributed by atoms with Crippen LogP contribution in [0.15, 0.2) is 18.2 Å². The summed E-state index contributed by atoms with van der Waals surface area (Å²) in [4.78, 5) is 13.8. The third-order valence-electron chi connectivity index (χ3n) is 3.49. The van der Waals surface area contributed by atoms with Gasteiger partial charge in [0.15, 0.2) is 0 Å². The number of nitrogens with one attached hydrogen (secondary N) is 1. The quantitative estimate of drug-likeness (QED) is 0.418. The van der Waals surface area contributed by atoms with Crippen LogP contribution in [0.25, 0.3) is 0 Å². The van der Waals surface area contributed by atoms with Gasteiger partial charge in [-0.15, -0.1) is 0 Å². The van der Waals surface area contributed by atoms with Gasteiger partial charge in [0.25, 0.3) is 5.91 Å². The van der Waals surface area contributed by atoms with Gasteiger partial charge in [0, 0.05) is 17.7 Å². The fourth-order valence-electron chi connectivity index (χ4n) is 2.19. The van der Waals surface area contributed by atoms with Crippen molar-refractivity contribution in [3.05, 3.63) is 35.1 Å². The Morgan fingerprint density at radius 3 is 2.38 bits per heavy atom. The molecule has 0 aliphatic carbocycles. The number of carbonyl (C=O) groups is 1. The summed E-state index contributed by atoms with van der Waals surface area (Å²) in [7, 11) is 0. The Bertz CT molecular complexity index is 443. The first kappa shape index (κ1) is 17.6. The third-order valence-corrected chi connectivity index (χ3v) is 3.49. The number of benzene rings is 1. The summed E-state index contributed by atoms with van der Waals surface area (Å²) in [6, 6.07) is 4.36. The average molecular weight is 295 g/mol. The summed E-state index contributed by atoms with van der Waals surface area (Å²) in [5, 5.41) is 0. The highest BCUT2D eigenvalue weighted by Gasteiger charge is 2.12. The fourth-order valence-corrected chi connectivity index (χ4v) is 2.19. The van der Waals surface area contributed by atoms with Gasteiger partial charge >= 0.3 is 0 Å². The topological polar surface area (TPSA) is 58.4 Å². The Morgan fingerprint density at radius 2 is 1.86 bits per heavy atom. The van der Waals surface area contributed by atoms with Gasteiger partial charge in [-0.3, -0.25) is 15.1 Å². The summed E-state index contributed by atoms with van der Waals surface area (Å²) < 4.78 is 14.0. The molecule has 5 heteroatoms. The lowest BCUT2D eigenvalue weighted by Gasteiger charge is -2.22. The van der Waals surface area contributed by atoms with Crippen molar-refractivity contribution in [3.8, 4) is 0 Å². The molecule has 1 amide bonds. The minimum absolute atomic E-state index is 0.276.